The van der Waals surface area contributed by atoms with Crippen LogP contribution < -0.4 is 10.6 Å². The van der Waals surface area contributed by atoms with Crippen LogP contribution in [0.1, 0.15) is 34.9 Å². The molecule has 0 aliphatic rings. The van der Waals surface area contributed by atoms with Crippen molar-refractivity contribution in [3.05, 3.63) is 63.4 Å². The first-order chi connectivity index (χ1) is 11.5. The van der Waals surface area contributed by atoms with E-state index >= 15 is 0 Å². The summed E-state index contributed by atoms with van der Waals surface area (Å²) in [6, 6.07) is 7.73. The van der Waals surface area contributed by atoms with Gasteiger partial charge in [-0.15, -0.1) is 0 Å². The Hall–Kier alpha value is -1.95. The smallest absolute Gasteiger partial charge is 0.217 e. The van der Waals surface area contributed by atoms with Gasteiger partial charge in [0.25, 0.3) is 0 Å². The van der Waals surface area contributed by atoms with Crippen LogP contribution >= 0.6 is 11.6 Å². The van der Waals surface area contributed by atoms with Gasteiger partial charge in [0.05, 0.1) is 17.3 Å². The van der Waals surface area contributed by atoms with Gasteiger partial charge in [-0.05, 0) is 35.2 Å². The Bertz CT molecular complexity index is 719. The van der Waals surface area contributed by atoms with Gasteiger partial charge in [-0.2, -0.15) is 0 Å². The lowest BCUT2D eigenvalue weighted by Gasteiger charge is -2.12. The molecule has 3 N–H and O–H groups in total. The molecule has 1 amide bonds. The summed E-state index contributed by atoms with van der Waals surface area (Å²) in [7, 11) is 0. The Morgan fingerprint density at radius 3 is 2.67 bits per heavy atom. The van der Waals surface area contributed by atoms with Crippen LogP contribution in [-0.4, -0.2) is 16.0 Å². The van der Waals surface area contributed by atoms with Gasteiger partial charge in [-0.3, -0.25) is 9.78 Å². The van der Waals surface area contributed by atoms with Crippen molar-refractivity contribution in [2.45, 2.75) is 40.1 Å². The van der Waals surface area contributed by atoms with E-state index in [0.717, 1.165) is 27.9 Å². The fourth-order valence-corrected chi connectivity index (χ4v) is 2.62. The van der Waals surface area contributed by atoms with Crippen molar-refractivity contribution in [1.82, 2.24) is 15.6 Å². The molecule has 0 spiro atoms. The first-order valence-corrected chi connectivity index (χ1v) is 8.15. The van der Waals surface area contributed by atoms with Crippen LogP contribution in [0.4, 0.5) is 0 Å². The number of aliphatic hydroxyl groups excluding tert-OH is 1. The van der Waals surface area contributed by atoms with Crippen molar-refractivity contribution < 1.29 is 9.90 Å². The fraction of sp³-hybridized carbons (Fsp3) is 0.333. The van der Waals surface area contributed by atoms with Gasteiger partial charge < -0.3 is 15.7 Å². The minimum absolute atomic E-state index is 0.0385. The summed E-state index contributed by atoms with van der Waals surface area (Å²) >= 11 is 5.91. The number of carbonyl (C=O) groups excluding carboxylic acids is 1. The highest BCUT2D eigenvalue weighted by Gasteiger charge is 2.06. The molecule has 0 aliphatic heterocycles. The quantitative estimate of drug-likeness (QED) is 0.719. The maximum atomic E-state index is 11.0. The number of aromatic nitrogens is 1. The lowest BCUT2D eigenvalue weighted by atomic mass is 10.0. The SMILES string of the molecule is CC(=O)NCc1ccc(CNCc2ncc(Cl)cc2C)c(CO)c1. The maximum Gasteiger partial charge on any atom is 0.217 e. The molecule has 0 saturated carbocycles. The number of rotatable bonds is 7. The highest BCUT2D eigenvalue weighted by Crippen LogP contribution is 2.14. The summed E-state index contributed by atoms with van der Waals surface area (Å²) in [6.07, 6.45) is 1.64. The third-order valence-corrected chi connectivity index (χ3v) is 3.95. The number of pyridine rings is 1. The standard InChI is InChI=1S/C18H22ClN3O2/c1-12-5-17(19)9-22-18(12)10-20-8-15-4-3-14(6-16(15)11-23)7-21-13(2)24/h3-6,9,20,23H,7-8,10-11H2,1-2H3,(H,21,24). The molecule has 1 heterocycles. The number of aliphatic hydroxyl groups is 1. The second-order valence-corrected chi connectivity index (χ2v) is 6.13. The number of nitrogens with one attached hydrogen (secondary N) is 2. The van der Waals surface area contributed by atoms with E-state index < -0.39 is 0 Å². The number of benzene rings is 1. The van der Waals surface area contributed by atoms with E-state index in [2.05, 4.69) is 15.6 Å². The molecule has 2 rings (SSSR count). The summed E-state index contributed by atoms with van der Waals surface area (Å²) in [5.74, 6) is -0.0721. The fourth-order valence-electron chi connectivity index (χ4n) is 2.40. The largest absolute Gasteiger partial charge is 0.392 e. The number of amides is 1. The zero-order valence-corrected chi connectivity index (χ0v) is 14.7. The van der Waals surface area contributed by atoms with Gasteiger partial charge in [0.15, 0.2) is 0 Å². The number of hydrogen-bond donors (Lipinski definition) is 3. The Morgan fingerprint density at radius 1 is 1.21 bits per heavy atom. The predicted octanol–water partition coefficient (Wildman–Crippen LogP) is 2.46. The zero-order chi connectivity index (χ0) is 17.5. The van der Waals surface area contributed by atoms with Crippen LogP contribution in [0.3, 0.4) is 0 Å². The van der Waals surface area contributed by atoms with E-state index in [9.17, 15) is 9.90 Å². The van der Waals surface area contributed by atoms with Crippen LogP contribution in [0, 0.1) is 6.92 Å². The van der Waals surface area contributed by atoms with Gasteiger partial charge in [-0.1, -0.05) is 29.8 Å². The van der Waals surface area contributed by atoms with Crippen molar-refractivity contribution >= 4 is 17.5 Å². The number of aryl methyl sites for hydroxylation is 1. The maximum absolute atomic E-state index is 11.0. The van der Waals surface area contributed by atoms with Gasteiger partial charge >= 0.3 is 0 Å². The van der Waals surface area contributed by atoms with E-state index in [1.54, 1.807) is 6.20 Å². The van der Waals surface area contributed by atoms with Gasteiger partial charge in [0.2, 0.25) is 5.91 Å². The number of carbonyl (C=O) groups is 1. The molecule has 5 nitrogen and oxygen atoms in total. The van der Waals surface area contributed by atoms with Crippen LogP contribution in [-0.2, 0) is 31.0 Å². The molecule has 0 fully saturated rings. The number of halogens is 1. The van der Waals surface area contributed by atoms with E-state index in [-0.39, 0.29) is 12.5 Å². The molecular weight excluding hydrogens is 326 g/mol. The van der Waals surface area contributed by atoms with Gasteiger partial charge in [0, 0.05) is 32.8 Å². The van der Waals surface area contributed by atoms with Crippen LogP contribution in [0.15, 0.2) is 30.5 Å². The highest BCUT2D eigenvalue weighted by molar-refractivity contribution is 6.30. The van der Waals surface area contributed by atoms with Gasteiger partial charge in [0.1, 0.15) is 0 Å². The molecule has 0 atom stereocenters. The lowest BCUT2D eigenvalue weighted by molar-refractivity contribution is -0.119. The second-order valence-electron chi connectivity index (χ2n) is 5.69. The molecule has 0 radical (unpaired) electrons. The lowest BCUT2D eigenvalue weighted by Crippen LogP contribution is -2.19. The summed E-state index contributed by atoms with van der Waals surface area (Å²) < 4.78 is 0. The van der Waals surface area contributed by atoms with E-state index in [1.165, 1.54) is 6.92 Å². The number of hydrogen-bond acceptors (Lipinski definition) is 4. The Balaban J connectivity index is 1.97. The van der Waals surface area contributed by atoms with Crippen molar-refractivity contribution in [3.8, 4) is 0 Å². The number of nitrogens with zero attached hydrogens (tertiary/aromatic N) is 1. The molecule has 0 unspecified atom stereocenters. The van der Waals surface area contributed by atoms with Crippen molar-refractivity contribution in [1.29, 1.82) is 0 Å². The van der Waals surface area contributed by atoms with E-state index in [1.807, 2.05) is 31.2 Å². The zero-order valence-electron chi connectivity index (χ0n) is 13.9. The third-order valence-electron chi connectivity index (χ3n) is 3.74. The monoisotopic (exact) mass is 347 g/mol. The summed E-state index contributed by atoms with van der Waals surface area (Å²) in [5.41, 5.74) is 4.84. The van der Waals surface area contributed by atoms with Crippen LogP contribution in [0.2, 0.25) is 5.02 Å². The van der Waals surface area contributed by atoms with E-state index in [0.29, 0.717) is 24.7 Å². The summed E-state index contributed by atoms with van der Waals surface area (Å²) in [6.45, 7) is 5.14. The molecule has 2 aromatic rings. The topological polar surface area (TPSA) is 74.2 Å². The molecule has 0 saturated heterocycles. The normalized spacial score (nSPS) is 10.7. The first-order valence-electron chi connectivity index (χ1n) is 7.77. The second kappa shape index (κ2) is 8.78. The molecular formula is C18H22ClN3O2. The Morgan fingerprint density at radius 2 is 2.00 bits per heavy atom. The minimum Gasteiger partial charge on any atom is -0.392 e. The molecule has 1 aromatic heterocycles. The van der Waals surface area contributed by atoms with Crippen LogP contribution in [0.5, 0.6) is 0 Å². The molecule has 0 bridgehead atoms. The van der Waals surface area contributed by atoms with Crippen molar-refractivity contribution in [3.63, 3.8) is 0 Å². The van der Waals surface area contributed by atoms with Crippen molar-refractivity contribution in [2.24, 2.45) is 0 Å². The minimum atomic E-state index is -0.0721. The Kier molecular flexibility index (Phi) is 6.73. The molecule has 24 heavy (non-hydrogen) atoms. The van der Waals surface area contributed by atoms with Gasteiger partial charge in [-0.25, -0.2) is 0 Å². The predicted molar refractivity (Wildman–Crippen MR) is 94.4 cm³/mol. The first kappa shape index (κ1) is 18.4. The highest BCUT2D eigenvalue weighted by atomic mass is 35.5. The average Bonchev–Trinajstić information content (AvgIpc) is 2.55. The molecule has 6 heteroatoms. The Labute approximate surface area is 147 Å². The summed E-state index contributed by atoms with van der Waals surface area (Å²) in [5, 5.41) is 16.3. The summed E-state index contributed by atoms with van der Waals surface area (Å²) in [4.78, 5) is 15.3. The molecule has 128 valence electrons. The molecule has 1 aromatic carbocycles. The third kappa shape index (κ3) is 5.30. The van der Waals surface area contributed by atoms with Crippen molar-refractivity contribution in [2.75, 3.05) is 0 Å². The van der Waals surface area contributed by atoms with E-state index in [4.69, 9.17) is 11.6 Å². The average molecular weight is 348 g/mol. The van der Waals surface area contributed by atoms with Crippen LogP contribution in [0.25, 0.3) is 0 Å². The molecule has 0 aliphatic carbocycles.